The van der Waals surface area contributed by atoms with Gasteiger partial charge in [-0.25, -0.2) is 0 Å². The minimum absolute atomic E-state index is 0.157. The summed E-state index contributed by atoms with van der Waals surface area (Å²) < 4.78 is 4.81. The van der Waals surface area contributed by atoms with Crippen LogP contribution in [0.25, 0.3) is 0 Å². The van der Waals surface area contributed by atoms with Crippen molar-refractivity contribution in [3.8, 4) is 0 Å². The Morgan fingerprint density at radius 2 is 2.00 bits per heavy atom. The highest BCUT2D eigenvalue weighted by molar-refractivity contribution is 5.76. The average molecular weight is 243 g/mol. The van der Waals surface area contributed by atoms with E-state index in [2.05, 4.69) is 4.90 Å². The normalized spacial score (nSPS) is 21.2. The second-order valence-corrected chi connectivity index (χ2v) is 5.73. The number of nitrogens with zero attached hydrogens (tertiary/aromatic N) is 1. The Kier molecular flexibility index (Phi) is 4.95. The molecule has 0 aromatic rings. The Balaban J connectivity index is 2.42. The summed E-state index contributed by atoms with van der Waals surface area (Å²) in [6.45, 7) is 8.33. The fourth-order valence-corrected chi connectivity index (χ4v) is 2.49. The van der Waals surface area contributed by atoms with Gasteiger partial charge in [0.1, 0.15) is 0 Å². The lowest BCUT2D eigenvalue weighted by molar-refractivity contribution is -0.152. The maximum atomic E-state index is 11.6. The van der Waals surface area contributed by atoms with E-state index in [-0.39, 0.29) is 12.1 Å². The topological polar surface area (TPSA) is 49.8 Å². The summed E-state index contributed by atoms with van der Waals surface area (Å²) in [5.41, 5.74) is -0.452. The number of aliphatic hydroxyl groups is 1. The highest BCUT2D eigenvalue weighted by Crippen LogP contribution is 2.25. The molecule has 0 aromatic carbocycles. The number of ether oxygens (including phenoxy) is 1. The van der Waals surface area contributed by atoms with Crippen LogP contribution in [0.5, 0.6) is 0 Å². The molecule has 1 N–H and O–H groups in total. The molecule has 1 atom stereocenters. The molecule has 1 aliphatic rings. The molecule has 4 heteroatoms. The quantitative estimate of drug-likeness (QED) is 0.756. The van der Waals surface area contributed by atoms with Gasteiger partial charge in [0, 0.05) is 6.54 Å². The van der Waals surface area contributed by atoms with E-state index in [1.165, 1.54) is 7.11 Å². The van der Waals surface area contributed by atoms with Gasteiger partial charge in [-0.15, -0.1) is 0 Å². The number of piperidine rings is 1. The third-order valence-corrected chi connectivity index (χ3v) is 3.67. The monoisotopic (exact) mass is 243 g/mol. The summed E-state index contributed by atoms with van der Waals surface area (Å²) in [5.74, 6) is 0.252. The maximum Gasteiger partial charge on any atom is 0.312 e. The minimum atomic E-state index is -0.452. The van der Waals surface area contributed by atoms with Crippen molar-refractivity contribution in [2.45, 2.75) is 39.7 Å². The number of hydrogen-bond donors (Lipinski definition) is 1. The summed E-state index contributed by atoms with van der Waals surface area (Å²) in [5, 5.41) is 9.53. The Morgan fingerprint density at radius 3 is 2.41 bits per heavy atom. The van der Waals surface area contributed by atoms with Crippen molar-refractivity contribution < 1.29 is 14.6 Å². The van der Waals surface area contributed by atoms with Crippen LogP contribution in [0.1, 0.15) is 33.6 Å². The predicted molar refractivity (Wildman–Crippen MR) is 66.6 cm³/mol. The zero-order valence-corrected chi connectivity index (χ0v) is 11.4. The fraction of sp³-hybridized carbons (Fsp3) is 0.923. The Labute approximate surface area is 104 Å². The van der Waals surface area contributed by atoms with Crippen molar-refractivity contribution in [1.82, 2.24) is 4.90 Å². The Morgan fingerprint density at radius 1 is 1.47 bits per heavy atom. The molecular formula is C13H25NO3. The molecule has 0 saturated carbocycles. The van der Waals surface area contributed by atoms with E-state index in [9.17, 15) is 9.90 Å². The molecule has 0 amide bonds. The average Bonchev–Trinajstić information content (AvgIpc) is 2.28. The van der Waals surface area contributed by atoms with Gasteiger partial charge < -0.3 is 14.7 Å². The lowest BCUT2D eigenvalue weighted by Gasteiger charge is -2.36. The first kappa shape index (κ1) is 14.5. The van der Waals surface area contributed by atoms with E-state index < -0.39 is 5.41 Å². The molecule has 1 unspecified atom stereocenters. The molecule has 1 saturated heterocycles. The molecule has 17 heavy (non-hydrogen) atoms. The molecule has 0 bridgehead atoms. The number of aliphatic hydroxyl groups excluding tert-OH is 1. The van der Waals surface area contributed by atoms with Crippen molar-refractivity contribution in [3.63, 3.8) is 0 Å². The number of methoxy groups -OCH3 is 1. The summed E-state index contributed by atoms with van der Waals surface area (Å²) in [6, 6.07) is 0. The highest BCUT2D eigenvalue weighted by Gasteiger charge is 2.33. The molecular weight excluding hydrogens is 218 g/mol. The number of esters is 1. The van der Waals surface area contributed by atoms with Crippen molar-refractivity contribution in [3.05, 3.63) is 0 Å². The predicted octanol–water partition coefficient (Wildman–Crippen LogP) is 1.28. The molecule has 0 aromatic heterocycles. The van der Waals surface area contributed by atoms with Crippen LogP contribution in [-0.4, -0.2) is 48.8 Å². The van der Waals surface area contributed by atoms with E-state index in [0.717, 1.165) is 32.5 Å². The van der Waals surface area contributed by atoms with Gasteiger partial charge in [-0.2, -0.15) is 0 Å². The largest absolute Gasteiger partial charge is 0.469 e. The van der Waals surface area contributed by atoms with Gasteiger partial charge in [0.05, 0.1) is 18.6 Å². The van der Waals surface area contributed by atoms with Gasteiger partial charge in [0.25, 0.3) is 0 Å². The van der Waals surface area contributed by atoms with Crippen LogP contribution in [0.15, 0.2) is 0 Å². The lowest BCUT2D eigenvalue weighted by Crippen LogP contribution is -2.44. The van der Waals surface area contributed by atoms with E-state index in [0.29, 0.717) is 5.92 Å². The summed E-state index contributed by atoms with van der Waals surface area (Å²) >= 11 is 0. The second-order valence-electron chi connectivity index (χ2n) is 5.73. The van der Waals surface area contributed by atoms with Crippen LogP contribution in [0.3, 0.4) is 0 Å². The molecule has 100 valence electrons. The second kappa shape index (κ2) is 5.83. The zero-order chi connectivity index (χ0) is 13.1. The summed E-state index contributed by atoms with van der Waals surface area (Å²) in [7, 11) is 1.43. The van der Waals surface area contributed by atoms with Gasteiger partial charge in [-0.1, -0.05) is 0 Å². The Bertz CT molecular complexity index is 255. The smallest absolute Gasteiger partial charge is 0.312 e. The van der Waals surface area contributed by atoms with Gasteiger partial charge in [0.2, 0.25) is 0 Å². The maximum absolute atomic E-state index is 11.6. The van der Waals surface area contributed by atoms with Crippen LogP contribution < -0.4 is 0 Å². The van der Waals surface area contributed by atoms with E-state index >= 15 is 0 Å². The van der Waals surface area contributed by atoms with Crippen molar-refractivity contribution in [1.29, 1.82) is 0 Å². The first-order valence-corrected chi connectivity index (χ1v) is 6.35. The SMILES string of the molecule is COC(=O)C(C)(C)CN1CCC(C(C)O)CC1. The van der Waals surface area contributed by atoms with Crippen molar-refractivity contribution in [2.24, 2.45) is 11.3 Å². The molecule has 1 fully saturated rings. The molecule has 0 aliphatic carbocycles. The van der Waals surface area contributed by atoms with Crippen LogP contribution in [-0.2, 0) is 9.53 Å². The molecule has 1 heterocycles. The number of rotatable bonds is 4. The summed E-state index contributed by atoms with van der Waals surface area (Å²) in [4.78, 5) is 13.9. The van der Waals surface area contributed by atoms with Gasteiger partial charge in [0.15, 0.2) is 0 Å². The third-order valence-electron chi connectivity index (χ3n) is 3.67. The molecule has 0 spiro atoms. The van der Waals surface area contributed by atoms with E-state index in [4.69, 9.17) is 4.74 Å². The van der Waals surface area contributed by atoms with E-state index in [1.807, 2.05) is 20.8 Å². The van der Waals surface area contributed by atoms with Gasteiger partial charge in [-0.3, -0.25) is 4.79 Å². The fourth-order valence-electron chi connectivity index (χ4n) is 2.49. The van der Waals surface area contributed by atoms with Crippen molar-refractivity contribution >= 4 is 5.97 Å². The van der Waals surface area contributed by atoms with Crippen LogP contribution in [0, 0.1) is 11.3 Å². The molecule has 1 aliphatic heterocycles. The minimum Gasteiger partial charge on any atom is -0.469 e. The number of carbonyl (C=O) groups is 1. The number of carbonyl (C=O) groups excluding carboxylic acids is 1. The third kappa shape index (κ3) is 3.96. The first-order chi connectivity index (χ1) is 7.86. The van der Waals surface area contributed by atoms with Crippen LogP contribution >= 0.6 is 0 Å². The van der Waals surface area contributed by atoms with E-state index in [1.54, 1.807) is 0 Å². The van der Waals surface area contributed by atoms with Crippen LogP contribution in [0.4, 0.5) is 0 Å². The lowest BCUT2D eigenvalue weighted by atomic mass is 9.88. The highest BCUT2D eigenvalue weighted by atomic mass is 16.5. The first-order valence-electron chi connectivity index (χ1n) is 6.35. The standard InChI is InChI=1S/C13H25NO3/c1-10(15)11-5-7-14(8-6-11)9-13(2,3)12(16)17-4/h10-11,15H,5-9H2,1-4H3. The number of likely N-dealkylation sites (tertiary alicyclic amines) is 1. The number of hydrogen-bond acceptors (Lipinski definition) is 4. The van der Waals surface area contributed by atoms with Gasteiger partial charge >= 0.3 is 5.97 Å². The van der Waals surface area contributed by atoms with Crippen molar-refractivity contribution in [2.75, 3.05) is 26.7 Å². The zero-order valence-electron chi connectivity index (χ0n) is 11.4. The Hall–Kier alpha value is -0.610. The molecule has 1 rings (SSSR count). The summed E-state index contributed by atoms with van der Waals surface area (Å²) in [6.07, 6.45) is 1.80. The molecule has 4 nitrogen and oxygen atoms in total. The van der Waals surface area contributed by atoms with Gasteiger partial charge in [-0.05, 0) is 52.6 Å². The van der Waals surface area contributed by atoms with Crippen LogP contribution in [0.2, 0.25) is 0 Å². The molecule has 0 radical (unpaired) electrons.